The molecule has 3 N–H and O–H groups in total. The average Bonchev–Trinajstić information content (AvgIpc) is 2.74. The molecule has 28 heavy (non-hydrogen) atoms. The van der Waals surface area contributed by atoms with E-state index in [0.717, 1.165) is 11.1 Å². The summed E-state index contributed by atoms with van der Waals surface area (Å²) in [6.07, 6.45) is 1.38. The van der Waals surface area contributed by atoms with Gasteiger partial charge in [-0.05, 0) is 43.4 Å². The maximum absolute atomic E-state index is 12.3. The quantitative estimate of drug-likeness (QED) is 0.693. The maximum Gasteiger partial charge on any atom is 0.313 e. The number of amides is 2. The molecule has 0 spiro atoms. The van der Waals surface area contributed by atoms with Crippen LogP contribution in [0, 0.1) is 12.8 Å². The van der Waals surface area contributed by atoms with Crippen molar-refractivity contribution in [2.45, 2.75) is 25.4 Å². The van der Waals surface area contributed by atoms with Crippen LogP contribution in [-0.2, 0) is 19.9 Å². The first kappa shape index (κ1) is 20.0. The van der Waals surface area contributed by atoms with Crippen LogP contribution in [0.15, 0.2) is 54.6 Å². The number of rotatable bonds is 5. The van der Waals surface area contributed by atoms with Crippen molar-refractivity contribution in [2.75, 3.05) is 25.1 Å². The molecule has 0 unspecified atom stereocenters. The van der Waals surface area contributed by atoms with E-state index in [0.29, 0.717) is 31.7 Å². The second-order valence-electron chi connectivity index (χ2n) is 7.18. The van der Waals surface area contributed by atoms with Gasteiger partial charge in [0.2, 0.25) is 0 Å². The maximum atomic E-state index is 12.3. The van der Waals surface area contributed by atoms with Gasteiger partial charge in [-0.2, -0.15) is 0 Å². The number of aryl methyl sites for hydroxylation is 1. The van der Waals surface area contributed by atoms with Crippen molar-refractivity contribution >= 4 is 17.5 Å². The van der Waals surface area contributed by atoms with Crippen molar-refractivity contribution < 1.29 is 19.4 Å². The van der Waals surface area contributed by atoms with E-state index in [2.05, 4.69) is 10.6 Å². The number of nitrogens with one attached hydrogen (secondary N) is 2. The first-order chi connectivity index (χ1) is 13.5. The predicted molar refractivity (Wildman–Crippen MR) is 107 cm³/mol. The predicted octanol–water partition coefficient (Wildman–Crippen LogP) is 2.36. The molecule has 0 radical (unpaired) electrons. The first-order valence-corrected chi connectivity index (χ1v) is 9.50. The molecule has 2 aromatic carbocycles. The van der Waals surface area contributed by atoms with Gasteiger partial charge in [0.1, 0.15) is 5.60 Å². The highest BCUT2D eigenvalue weighted by Gasteiger charge is 2.39. The number of carbonyl (C=O) groups is 2. The zero-order chi connectivity index (χ0) is 20.0. The minimum Gasteiger partial charge on any atom is -0.383 e. The number of ether oxygens (including phenoxy) is 1. The molecular weight excluding hydrogens is 356 g/mol. The molecule has 0 bridgehead atoms. The Morgan fingerprint density at radius 1 is 1.04 bits per heavy atom. The summed E-state index contributed by atoms with van der Waals surface area (Å²) >= 11 is 0. The molecule has 1 aliphatic heterocycles. The lowest BCUT2D eigenvalue weighted by molar-refractivity contribution is -0.137. The van der Waals surface area contributed by atoms with Gasteiger partial charge in [-0.1, -0.05) is 48.0 Å². The third kappa shape index (κ3) is 4.77. The summed E-state index contributed by atoms with van der Waals surface area (Å²) in [5, 5.41) is 16.6. The van der Waals surface area contributed by atoms with Crippen molar-refractivity contribution in [1.29, 1.82) is 0 Å². The van der Waals surface area contributed by atoms with Crippen molar-refractivity contribution in [3.05, 3.63) is 65.7 Å². The van der Waals surface area contributed by atoms with E-state index >= 15 is 0 Å². The van der Waals surface area contributed by atoms with Gasteiger partial charge in [0.05, 0.1) is 6.54 Å². The standard InChI is InChI=1S/C22H26N2O4/c1-16-7-9-19(10-8-16)24-21(26)20(25)23-15-22(27,17-5-3-2-4-6-17)18-11-13-28-14-12-18/h2-10,18,27H,11-15H2,1H3,(H,23,25)(H,24,26)/t22-/m1/s1. The monoisotopic (exact) mass is 382 g/mol. The number of hydrogen-bond donors (Lipinski definition) is 3. The van der Waals surface area contributed by atoms with Gasteiger partial charge in [0, 0.05) is 18.9 Å². The van der Waals surface area contributed by atoms with Crippen molar-refractivity contribution in [3.63, 3.8) is 0 Å². The van der Waals surface area contributed by atoms with E-state index in [1.165, 1.54) is 0 Å². The number of anilines is 1. The molecular formula is C22H26N2O4. The molecule has 1 heterocycles. The summed E-state index contributed by atoms with van der Waals surface area (Å²) in [5.74, 6) is -1.60. The Balaban J connectivity index is 1.68. The van der Waals surface area contributed by atoms with Gasteiger partial charge < -0.3 is 20.5 Å². The molecule has 6 heteroatoms. The normalized spacial score (nSPS) is 16.8. The topological polar surface area (TPSA) is 87.7 Å². The Morgan fingerprint density at radius 2 is 1.68 bits per heavy atom. The van der Waals surface area contributed by atoms with Crippen LogP contribution in [0.3, 0.4) is 0 Å². The lowest BCUT2D eigenvalue weighted by atomic mass is 9.77. The fourth-order valence-corrected chi connectivity index (χ4v) is 3.50. The van der Waals surface area contributed by atoms with E-state index in [4.69, 9.17) is 4.74 Å². The minimum absolute atomic E-state index is 0.0399. The molecule has 1 saturated heterocycles. The molecule has 1 atom stereocenters. The van der Waals surface area contributed by atoms with Crippen molar-refractivity contribution in [1.82, 2.24) is 5.32 Å². The Labute approximate surface area is 164 Å². The van der Waals surface area contributed by atoms with E-state index in [1.807, 2.05) is 49.4 Å². The van der Waals surface area contributed by atoms with Gasteiger partial charge in [-0.3, -0.25) is 9.59 Å². The highest BCUT2D eigenvalue weighted by molar-refractivity contribution is 6.39. The highest BCUT2D eigenvalue weighted by atomic mass is 16.5. The van der Waals surface area contributed by atoms with Crippen LogP contribution in [0.2, 0.25) is 0 Å². The summed E-state index contributed by atoms with van der Waals surface area (Å²) in [7, 11) is 0. The zero-order valence-corrected chi connectivity index (χ0v) is 16.0. The van der Waals surface area contributed by atoms with E-state index in [1.54, 1.807) is 12.1 Å². The SMILES string of the molecule is Cc1ccc(NC(=O)C(=O)NC[C@@](O)(c2ccccc2)C2CCOCC2)cc1. The molecule has 1 fully saturated rings. The second-order valence-corrected chi connectivity index (χ2v) is 7.18. The summed E-state index contributed by atoms with van der Waals surface area (Å²) in [6, 6.07) is 16.5. The average molecular weight is 382 g/mol. The Bertz CT molecular complexity index is 801. The van der Waals surface area contributed by atoms with Gasteiger partial charge in [-0.25, -0.2) is 0 Å². The summed E-state index contributed by atoms with van der Waals surface area (Å²) < 4.78 is 5.41. The fourth-order valence-electron chi connectivity index (χ4n) is 3.50. The lowest BCUT2D eigenvalue weighted by Gasteiger charge is -2.39. The number of hydrogen-bond acceptors (Lipinski definition) is 4. The van der Waals surface area contributed by atoms with E-state index in [-0.39, 0.29) is 12.5 Å². The Morgan fingerprint density at radius 3 is 2.32 bits per heavy atom. The molecule has 6 nitrogen and oxygen atoms in total. The molecule has 1 aliphatic rings. The zero-order valence-electron chi connectivity index (χ0n) is 16.0. The second kappa shape index (κ2) is 8.99. The van der Waals surface area contributed by atoms with Gasteiger partial charge in [0.25, 0.3) is 0 Å². The minimum atomic E-state index is -1.26. The Kier molecular flexibility index (Phi) is 6.44. The van der Waals surface area contributed by atoms with Crippen LogP contribution in [0.1, 0.15) is 24.0 Å². The fraction of sp³-hybridized carbons (Fsp3) is 0.364. The van der Waals surface area contributed by atoms with Gasteiger partial charge >= 0.3 is 11.8 Å². The Hall–Kier alpha value is -2.70. The number of carbonyl (C=O) groups excluding carboxylic acids is 2. The highest BCUT2D eigenvalue weighted by Crippen LogP contribution is 2.35. The molecule has 0 aromatic heterocycles. The number of benzene rings is 2. The lowest BCUT2D eigenvalue weighted by Crippen LogP contribution is -2.49. The van der Waals surface area contributed by atoms with E-state index in [9.17, 15) is 14.7 Å². The summed E-state index contributed by atoms with van der Waals surface area (Å²) in [4.78, 5) is 24.5. The summed E-state index contributed by atoms with van der Waals surface area (Å²) in [5.41, 5.74) is 1.08. The molecule has 2 aromatic rings. The number of aliphatic hydroxyl groups is 1. The van der Waals surface area contributed by atoms with Crippen LogP contribution in [0.4, 0.5) is 5.69 Å². The first-order valence-electron chi connectivity index (χ1n) is 9.50. The molecule has 0 saturated carbocycles. The van der Waals surface area contributed by atoms with Crippen LogP contribution >= 0.6 is 0 Å². The van der Waals surface area contributed by atoms with E-state index < -0.39 is 17.4 Å². The molecule has 2 amide bonds. The van der Waals surface area contributed by atoms with Crippen LogP contribution in [0.25, 0.3) is 0 Å². The van der Waals surface area contributed by atoms with Crippen LogP contribution in [-0.4, -0.2) is 36.7 Å². The molecule has 3 rings (SSSR count). The van der Waals surface area contributed by atoms with Crippen molar-refractivity contribution in [2.24, 2.45) is 5.92 Å². The summed E-state index contributed by atoms with van der Waals surface area (Å²) in [6.45, 7) is 3.05. The third-order valence-electron chi connectivity index (χ3n) is 5.20. The van der Waals surface area contributed by atoms with Crippen molar-refractivity contribution in [3.8, 4) is 0 Å². The smallest absolute Gasteiger partial charge is 0.313 e. The largest absolute Gasteiger partial charge is 0.383 e. The molecule has 0 aliphatic carbocycles. The third-order valence-corrected chi connectivity index (χ3v) is 5.20. The van der Waals surface area contributed by atoms with Crippen LogP contribution < -0.4 is 10.6 Å². The van der Waals surface area contributed by atoms with Gasteiger partial charge in [0.15, 0.2) is 0 Å². The van der Waals surface area contributed by atoms with Crippen LogP contribution in [0.5, 0.6) is 0 Å². The van der Waals surface area contributed by atoms with Gasteiger partial charge in [-0.15, -0.1) is 0 Å². The molecule has 148 valence electrons.